The van der Waals surface area contributed by atoms with E-state index in [1.807, 2.05) is 0 Å². The third kappa shape index (κ3) is 3.58. The van der Waals surface area contributed by atoms with Crippen molar-refractivity contribution >= 4 is 15.7 Å². The maximum absolute atomic E-state index is 12.3. The Bertz CT molecular complexity index is 745. The van der Waals surface area contributed by atoms with Gasteiger partial charge in [0.15, 0.2) is 0 Å². The van der Waals surface area contributed by atoms with E-state index in [1.54, 1.807) is 30.3 Å². The van der Waals surface area contributed by atoms with Gasteiger partial charge in [-0.3, -0.25) is 4.72 Å². The van der Waals surface area contributed by atoms with Crippen LogP contribution in [0, 0.1) is 0 Å². The molecule has 0 aliphatic carbocycles. The highest BCUT2D eigenvalue weighted by Gasteiger charge is 2.46. The van der Waals surface area contributed by atoms with E-state index in [9.17, 15) is 26.7 Å². The minimum atomic E-state index is -5.49. The second-order valence-electron chi connectivity index (χ2n) is 4.49. The van der Waals surface area contributed by atoms with Crippen LogP contribution in [-0.4, -0.2) is 19.0 Å². The predicted octanol–water partition coefficient (Wildman–Crippen LogP) is 3.03. The molecule has 0 bridgehead atoms. The first-order chi connectivity index (χ1) is 10.2. The molecular weight excluding hydrogens is 319 g/mol. The molecule has 0 amide bonds. The standard InChI is InChI=1S/C14H12F3NO3S/c15-14(16,17)22(20,21)18-12-8-4-7-11(9-12)13(19)10-5-2-1-3-6-10/h1-9,13,18-19H. The number of hydrogen-bond acceptors (Lipinski definition) is 3. The predicted molar refractivity (Wildman–Crippen MR) is 75.5 cm³/mol. The third-order valence-corrected chi connectivity index (χ3v) is 3.99. The van der Waals surface area contributed by atoms with Gasteiger partial charge in [-0.1, -0.05) is 42.5 Å². The van der Waals surface area contributed by atoms with E-state index in [-0.39, 0.29) is 11.3 Å². The second kappa shape index (κ2) is 5.98. The van der Waals surface area contributed by atoms with E-state index in [0.717, 1.165) is 6.07 Å². The molecule has 0 radical (unpaired) electrons. The van der Waals surface area contributed by atoms with Gasteiger partial charge in [0.25, 0.3) is 0 Å². The number of hydrogen-bond donors (Lipinski definition) is 2. The van der Waals surface area contributed by atoms with Crippen LogP contribution in [0.5, 0.6) is 0 Å². The Balaban J connectivity index is 2.28. The van der Waals surface area contributed by atoms with Crippen molar-refractivity contribution in [3.05, 3.63) is 65.7 Å². The summed E-state index contributed by atoms with van der Waals surface area (Å²) >= 11 is 0. The van der Waals surface area contributed by atoms with Crippen molar-refractivity contribution in [1.29, 1.82) is 0 Å². The lowest BCUT2D eigenvalue weighted by atomic mass is 10.0. The van der Waals surface area contributed by atoms with E-state index in [1.165, 1.54) is 22.9 Å². The average molecular weight is 331 g/mol. The highest BCUT2D eigenvalue weighted by molar-refractivity contribution is 7.93. The van der Waals surface area contributed by atoms with Gasteiger partial charge in [-0.15, -0.1) is 0 Å². The fraction of sp³-hybridized carbons (Fsp3) is 0.143. The fourth-order valence-electron chi connectivity index (χ4n) is 1.81. The van der Waals surface area contributed by atoms with Crippen LogP contribution in [0.1, 0.15) is 17.2 Å². The molecule has 0 fully saturated rings. The van der Waals surface area contributed by atoms with Gasteiger partial charge in [0.1, 0.15) is 6.10 Å². The Morgan fingerprint density at radius 1 is 0.955 bits per heavy atom. The Kier molecular flexibility index (Phi) is 4.43. The van der Waals surface area contributed by atoms with Crippen LogP contribution in [0.15, 0.2) is 54.6 Å². The molecule has 0 heterocycles. The average Bonchev–Trinajstić information content (AvgIpc) is 2.46. The van der Waals surface area contributed by atoms with Crippen molar-refractivity contribution in [2.24, 2.45) is 0 Å². The van der Waals surface area contributed by atoms with Crippen LogP contribution in [0.4, 0.5) is 18.9 Å². The van der Waals surface area contributed by atoms with Crippen molar-refractivity contribution in [3.63, 3.8) is 0 Å². The summed E-state index contributed by atoms with van der Waals surface area (Å²) in [5.74, 6) is 0. The van der Waals surface area contributed by atoms with Crippen molar-refractivity contribution in [2.45, 2.75) is 11.6 Å². The number of alkyl halides is 3. The minimum Gasteiger partial charge on any atom is -0.384 e. The number of aliphatic hydroxyl groups excluding tert-OH is 1. The Hall–Kier alpha value is -2.06. The number of aliphatic hydroxyl groups is 1. The lowest BCUT2D eigenvalue weighted by Gasteiger charge is -2.14. The van der Waals surface area contributed by atoms with Gasteiger partial charge in [0, 0.05) is 5.69 Å². The van der Waals surface area contributed by atoms with Gasteiger partial charge >= 0.3 is 15.5 Å². The van der Waals surface area contributed by atoms with Gasteiger partial charge in [0.2, 0.25) is 0 Å². The van der Waals surface area contributed by atoms with E-state index >= 15 is 0 Å². The molecule has 2 N–H and O–H groups in total. The number of rotatable bonds is 4. The summed E-state index contributed by atoms with van der Waals surface area (Å²) in [5.41, 5.74) is -4.86. The summed E-state index contributed by atoms with van der Waals surface area (Å²) in [6.07, 6.45) is -1.07. The van der Waals surface area contributed by atoms with E-state index in [4.69, 9.17) is 0 Å². The number of anilines is 1. The lowest BCUT2D eigenvalue weighted by molar-refractivity contribution is -0.0429. The molecule has 0 saturated heterocycles. The van der Waals surface area contributed by atoms with Gasteiger partial charge in [-0.05, 0) is 23.3 Å². The summed E-state index contributed by atoms with van der Waals surface area (Å²) in [6.45, 7) is 0. The summed E-state index contributed by atoms with van der Waals surface area (Å²) in [7, 11) is -5.49. The highest BCUT2D eigenvalue weighted by atomic mass is 32.2. The molecule has 2 aromatic carbocycles. The molecular formula is C14H12F3NO3S. The number of nitrogens with one attached hydrogen (secondary N) is 1. The van der Waals surface area contributed by atoms with Crippen LogP contribution < -0.4 is 4.72 Å². The monoisotopic (exact) mass is 331 g/mol. The topological polar surface area (TPSA) is 66.4 Å². The summed E-state index contributed by atoms with van der Waals surface area (Å²) < 4.78 is 60.6. The smallest absolute Gasteiger partial charge is 0.384 e. The normalized spacial score (nSPS) is 13.6. The van der Waals surface area contributed by atoms with Crippen molar-refractivity contribution in [2.75, 3.05) is 4.72 Å². The minimum absolute atomic E-state index is 0.272. The summed E-state index contributed by atoms with van der Waals surface area (Å²) in [4.78, 5) is 0. The van der Waals surface area contributed by atoms with Crippen LogP contribution in [-0.2, 0) is 10.0 Å². The molecule has 118 valence electrons. The van der Waals surface area contributed by atoms with Crippen molar-refractivity contribution in [1.82, 2.24) is 0 Å². The molecule has 1 unspecified atom stereocenters. The Morgan fingerprint density at radius 3 is 2.14 bits per heavy atom. The number of sulfonamides is 1. The molecule has 0 aliphatic heterocycles. The summed E-state index contributed by atoms with van der Waals surface area (Å²) in [5, 5.41) is 10.2. The Labute approximate surface area is 125 Å². The number of benzene rings is 2. The van der Waals surface area contributed by atoms with Crippen molar-refractivity contribution < 1.29 is 26.7 Å². The quantitative estimate of drug-likeness (QED) is 0.905. The first-order valence-electron chi connectivity index (χ1n) is 6.13. The van der Waals surface area contributed by atoms with Crippen molar-refractivity contribution in [3.8, 4) is 0 Å². The molecule has 4 nitrogen and oxygen atoms in total. The maximum Gasteiger partial charge on any atom is 0.516 e. The largest absolute Gasteiger partial charge is 0.516 e. The molecule has 22 heavy (non-hydrogen) atoms. The number of halogens is 3. The maximum atomic E-state index is 12.3. The fourth-order valence-corrected chi connectivity index (χ4v) is 2.37. The molecule has 0 aromatic heterocycles. The molecule has 2 rings (SSSR count). The van der Waals surface area contributed by atoms with Gasteiger partial charge in [-0.25, -0.2) is 0 Å². The van der Waals surface area contributed by atoms with Crippen LogP contribution in [0.3, 0.4) is 0 Å². The van der Waals surface area contributed by atoms with E-state index in [2.05, 4.69) is 0 Å². The molecule has 2 aromatic rings. The SMILES string of the molecule is O=S(=O)(Nc1cccc(C(O)c2ccccc2)c1)C(F)(F)F. The molecule has 0 saturated carbocycles. The van der Waals surface area contributed by atoms with Gasteiger partial charge < -0.3 is 5.11 Å². The third-order valence-electron chi connectivity index (χ3n) is 2.87. The second-order valence-corrected chi connectivity index (χ2v) is 6.16. The van der Waals surface area contributed by atoms with Crippen LogP contribution >= 0.6 is 0 Å². The van der Waals surface area contributed by atoms with Gasteiger partial charge in [0.05, 0.1) is 0 Å². The molecule has 0 spiro atoms. The zero-order valence-corrected chi connectivity index (χ0v) is 11.9. The van der Waals surface area contributed by atoms with Gasteiger partial charge in [-0.2, -0.15) is 21.6 Å². The molecule has 8 heteroatoms. The van der Waals surface area contributed by atoms with Crippen LogP contribution in [0.25, 0.3) is 0 Å². The lowest BCUT2D eigenvalue weighted by Crippen LogP contribution is -2.29. The Morgan fingerprint density at radius 2 is 1.55 bits per heavy atom. The molecule has 0 aliphatic rings. The van der Waals surface area contributed by atoms with E-state index in [0.29, 0.717) is 5.56 Å². The highest BCUT2D eigenvalue weighted by Crippen LogP contribution is 2.28. The zero-order valence-electron chi connectivity index (χ0n) is 11.1. The molecule has 1 atom stereocenters. The first kappa shape index (κ1) is 16.3. The summed E-state index contributed by atoms with van der Waals surface area (Å²) in [6, 6.07) is 13.6. The van der Waals surface area contributed by atoms with E-state index < -0.39 is 21.6 Å². The first-order valence-corrected chi connectivity index (χ1v) is 7.61. The van der Waals surface area contributed by atoms with Crippen LogP contribution in [0.2, 0.25) is 0 Å². The zero-order chi connectivity index (χ0) is 16.4.